The van der Waals surface area contributed by atoms with Crippen LogP contribution in [0.25, 0.3) is 21.8 Å². The number of H-pyrrole nitrogens is 2. The average molecular weight is 603 g/mol. The van der Waals surface area contributed by atoms with E-state index in [0.717, 1.165) is 62.0 Å². The molecule has 1 amide bonds. The SMILES string of the molecule is CNC(=O)CC(c1ccncc1)(c1c[nH]c2cccc(OC)c12)N(C)CCC(c1ccncc1)c1c[nH]c2cccc(OC)c12. The molecule has 2 aromatic carbocycles. The van der Waals surface area contributed by atoms with Crippen molar-refractivity contribution in [3.8, 4) is 11.5 Å². The Balaban J connectivity index is 1.50. The lowest BCUT2D eigenvalue weighted by molar-refractivity contribution is -0.123. The molecule has 2 unspecified atom stereocenters. The molecule has 6 rings (SSSR count). The smallest absolute Gasteiger partial charge is 0.222 e. The first kappa shape index (κ1) is 29.9. The quantitative estimate of drug-likeness (QED) is 0.159. The number of hydrogen-bond acceptors (Lipinski definition) is 6. The van der Waals surface area contributed by atoms with Crippen LogP contribution in [-0.2, 0) is 10.3 Å². The van der Waals surface area contributed by atoms with Gasteiger partial charge in [-0.25, -0.2) is 0 Å². The van der Waals surface area contributed by atoms with Crippen LogP contribution in [0.4, 0.5) is 0 Å². The van der Waals surface area contributed by atoms with Crippen molar-refractivity contribution in [2.45, 2.75) is 24.3 Å². The molecular weight excluding hydrogens is 564 g/mol. The Hall–Kier alpha value is -5.15. The van der Waals surface area contributed by atoms with Crippen LogP contribution in [0.2, 0.25) is 0 Å². The highest BCUT2D eigenvalue weighted by atomic mass is 16.5. The highest BCUT2D eigenvalue weighted by Crippen LogP contribution is 2.45. The number of nitrogens with one attached hydrogen (secondary N) is 3. The van der Waals surface area contributed by atoms with Crippen LogP contribution in [0.3, 0.4) is 0 Å². The van der Waals surface area contributed by atoms with Crippen LogP contribution >= 0.6 is 0 Å². The number of nitrogens with zero attached hydrogens (tertiary/aromatic N) is 3. The number of hydrogen-bond donors (Lipinski definition) is 3. The number of carbonyl (C=O) groups is 1. The third kappa shape index (κ3) is 5.40. The van der Waals surface area contributed by atoms with Gasteiger partial charge in [0.2, 0.25) is 5.91 Å². The van der Waals surface area contributed by atoms with Gasteiger partial charge in [-0.15, -0.1) is 0 Å². The van der Waals surface area contributed by atoms with Crippen molar-refractivity contribution in [3.05, 3.63) is 120 Å². The van der Waals surface area contributed by atoms with Crippen LogP contribution in [0.1, 0.15) is 41.0 Å². The van der Waals surface area contributed by atoms with Gasteiger partial charge in [0.1, 0.15) is 11.5 Å². The summed E-state index contributed by atoms with van der Waals surface area (Å²) in [6.07, 6.45) is 12.3. The zero-order valence-electron chi connectivity index (χ0n) is 26.0. The predicted octanol–water partition coefficient (Wildman–Crippen LogP) is 5.99. The maximum absolute atomic E-state index is 13.4. The fourth-order valence-corrected chi connectivity index (χ4v) is 6.74. The lowest BCUT2D eigenvalue weighted by atomic mass is 9.77. The second-order valence-electron chi connectivity index (χ2n) is 11.2. The van der Waals surface area contributed by atoms with E-state index in [1.54, 1.807) is 33.7 Å². The topological polar surface area (TPSA) is 108 Å². The molecule has 4 heterocycles. The molecule has 0 spiro atoms. The summed E-state index contributed by atoms with van der Waals surface area (Å²) in [4.78, 5) is 31.2. The summed E-state index contributed by atoms with van der Waals surface area (Å²) < 4.78 is 11.7. The molecule has 2 atom stereocenters. The summed E-state index contributed by atoms with van der Waals surface area (Å²) in [5.41, 5.74) is 5.33. The van der Waals surface area contributed by atoms with E-state index in [-0.39, 0.29) is 18.2 Å². The van der Waals surface area contributed by atoms with Crippen LogP contribution < -0.4 is 14.8 Å². The monoisotopic (exact) mass is 602 g/mol. The largest absolute Gasteiger partial charge is 0.496 e. The average Bonchev–Trinajstić information content (AvgIpc) is 3.73. The number of pyridine rings is 2. The van der Waals surface area contributed by atoms with Gasteiger partial charge in [-0.1, -0.05) is 12.1 Å². The zero-order chi connectivity index (χ0) is 31.4. The molecule has 0 aliphatic heterocycles. The second-order valence-corrected chi connectivity index (χ2v) is 11.2. The molecule has 0 bridgehead atoms. The van der Waals surface area contributed by atoms with Gasteiger partial charge in [0.05, 0.1) is 26.2 Å². The van der Waals surface area contributed by atoms with E-state index in [1.165, 1.54) is 0 Å². The van der Waals surface area contributed by atoms with E-state index < -0.39 is 5.54 Å². The number of ether oxygens (including phenoxy) is 2. The minimum atomic E-state index is -0.851. The van der Waals surface area contributed by atoms with Gasteiger partial charge >= 0.3 is 0 Å². The Morgan fingerprint density at radius 3 is 2.11 bits per heavy atom. The summed E-state index contributed by atoms with van der Waals surface area (Å²) in [5, 5.41) is 4.89. The number of benzene rings is 2. The molecule has 0 saturated carbocycles. The predicted molar refractivity (Wildman–Crippen MR) is 177 cm³/mol. The minimum absolute atomic E-state index is 0.0214. The molecular formula is C36H38N6O3. The molecule has 3 N–H and O–H groups in total. The van der Waals surface area contributed by atoms with Gasteiger partial charge < -0.3 is 24.8 Å². The van der Waals surface area contributed by atoms with E-state index in [0.29, 0.717) is 6.54 Å². The lowest BCUT2D eigenvalue weighted by Crippen LogP contribution is -2.48. The highest BCUT2D eigenvalue weighted by molar-refractivity contribution is 5.92. The van der Waals surface area contributed by atoms with Crippen LogP contribution in [0.5, 0.6) is 11.5 Å². The minimum Gasteiger partial charge on any atom is -0.496 e. The zero-order valence-corrected chi connectivity index (χ0v) is 26.0. The summed E-state index contributed by atoms with van der Waals surface area (Å²) in [5.74, 6) is 1.52. The van der Waals surface area contributed by atoms with Crippen LogP contribution in [0, 0.1) is 0 Å². The van der Waals surface area contributed by atoms with E-state index in [1.807, 2.05) is 61.1 Å². The van der Waals surface area contributed by atoms with Crippen molar-refractivity contribution < 1.29 is 14.3 Å². The van der Waals surface area contributed by atoms with Crippen molar-refractivity contribution in [3.63, 3.8) is 0 Å². The van der Waals surface area contributed by atoms with Gasteiger partial charge in [-0.2, -0.15) is 0 Å². The van der Waals surface area contributed by atoms with Gasteiger partial charge in [0.25, 0.3) is 0 Å². The number of aromatic amines is 2. The third-order valence-corrected chi connectivity index (χ3v) is 8.99. The Bertz CT molecular complexity index is 1900. The van der Waals surface area contributed by atoms with Gasteiger partial charge in [-0.3, -0.25) is 19.7 Å². The maximum Gasteiger partial charge on any atom is 0.222 e. The van der Waals surface area contributed by atoms with Crippen molar-refractivity contribution in [1.82, 2.24) is 30.2 Å². The Morgan fingerprint density at radius 1 is 0.867 bits per heavy atom. The normalized spacial score (nSPS) is 13.5. The first-order chi connectivity index (χ1) is 22.0. The molecule has 0 aliphatic carbocycles. The Labute approximate surface area is 262 Å². The fourth-order valence-electron chi connectivity index (χ4n) is 6.74. The van der Waals surface area contributed by atoms with Crippen LogP contribution in [-0.4, -0.2) is 65.6 Å². The van der Waals surface area contributed by atoms with Crippen LogP contribution in [0.15, 0.2) is 97.8 Å². The third-order valence-electron chi connectivity index (χ3n) is 8.99. The summed E-state index contributed by atoms with van der Waals surface area (Å²) in [7, 11) is 7.16. The van der Waals surface area contributed by atoms with E-state index in [4.69, 9.17) is 9.47 Å². The summed E-state index contributed by atoms with van der Waals surface area (Å²) in [6, 6.07) is 20.2. The first-order valence-electron chi connectivity index (χ1n) is 15.0. The molecule has 6 aromatic rings. The molecule has 230 valence electrons. The molecule has 0 saturated heterocycles. The number of carbonyl (C=O) groups excluding carboxylic acids is 1. The molecule has 9 nitrogen and oxygen atoms in total. The van der Waals surface area contributed by atoms with Crippen molar-refractivity contribution >= 4 is 27.7 Å². The van der Waals surface area contributed by atoms with Gasteiger partial charge in [0, 0.05) is 77.5 Å². The first-order valence-corrected chi connectivity index (χ1v) is 15.0. The molecule has 0 radical (unpaired) electrons. The summed E-state index contributed by atoms with van der Waals surface area (Å²) in [6.45, 7) is 0.649. The fraction of sp³-hybridized carbons (Fsp3) is 0.250. The molecule has 45 heavy (non-hydrogen) atoms. The second kappa shape index (κ2) is 12.8. The van der Waals surface area contributed by atoms with Crippen molar-refractivity contribution in [2.24, 2.45) is 0 Å². The van der Waals surface area contributed by atoms with Crippen molar-refractivity contribution in [2.75, 3.05) is 34.9 Å². The van der Waals surface area contributed by atoms with Gasteiger partial charge in [0.15, 0.2) is 0 Å². The number of methoxy groups -OCH3 is 2. The molecule has 9 heteroatoms. The number of amides is 1. The number of aromatic nitrogens is 4. The van der Waals surface area contributed by atoms with E-state index in [9.17, 15) is 4.79 Å². The van der Waals surface area contributed by atoms with Gasteiger partial charge in [-0.05, 0) is 85.2 Å². The summed E-state index contributed by atoms with van der Waals surface area (Å²) >= 11 is 0. The standard InChI is InChI=1S/C36H38N6O3/c1-37-33(43)21-36(25-13-18-39-19-14-25,28-23-41-30-8-6-10-32(45-4)35(28)30)42(2)20-15-26(24-11-16-38-17-12-24)27-22-40-29-7-5-9-31(44-3)34(27)29/h5-14,16-19,22-23,26,40-41H,15,20-21H2,1-4H3,(H,37,43). The highest BCUT2D eigenvalue weighted by Gasteiger charge is 2.43. The molecule has 0 aliphatic rings. The maximum atomic E-state index is 13.4. The number of fused-ring (bicyclic) bond motifs is 2. The Kier molecular flexibility index (Phi) is 8.53. The van der Waals surface area contributed by atoms with E-state index in [2.05, 4.69) is 61.6 Å². The van der Waals surface area contributed by atoms with Crippen molar-refractivity contribution in [1.29, 1.82) is 0 Å². The Morgan fingerprint density at radius 2 is 1.47 bits per heavy atom. The lowest BCUT2D eigenvalue weighted by Gasteiger charge is -2.43. The molecule has 0 fully saturated rings. The van der Waals surface area contributed by atoms with E-state index >= 15 is 0 Å². The number of rotatable bonds is 12. The molecule has 4 aromatic heterocycles.